The Morgan fingerprint density at radius 3 is 2.52 bits per heavy atom. The Bertz CT molecular complexity index is 742. The number of aromatic nitrogens is 2. The second-order valence-electron chi connectivity index (χ2n) is 5.52. The third-order valence-corrected chi connectivity index (χ3v) is 4.76. The number of benzene rings is 1. The fourth-order valence-electron chi connectivity index (χ4n) is 3.25. The van der Waals surface area contributed by atoms with Crippen molar-refractivity contribution >= 4 is 28.9 Å². The molecular weight excluding hydrogens is 309 g/mol. The van der Waals surface area contributed by atoms with Crippen LogP contribution in [0.3, 0.4) is 0 Å². The van der Waals surface area contributed by atoms with E-state index in [0.717, 1.165) is 18.5 Å². The van der Waals surface area contributed by atoms with Crippen LogP contribution in [0.4, 0.5) is 5.69 Å². The van der Waals surface area contributed by atoms with Crippen molar-refractivity contribution in [2.45, 2.75) is 31.6 Å². The molecule has 0 atom stereocenters. The molecule has 1 fully saturated rings. The summed E-state index contributed by atoms with van der Waals surface area (Å²) in [7, 11) is 1.86. The molecule has 0 aliphatic heterocycles. The monoisotopic (exact) mass is 325 g/mol. The Morgan fingerprint density at radius 2 is 1.90 bits per heavy atom. The Kier molecular flexibility index (Phi) is 3.76. The lowest BCUT2D eigenvalue weighted by molar-refractivity contribution is 0.569. The van der Waals surface area contributed by atoms with Crippen LogP contribution in [0, 0.1) is 0 Å². The van der Waals surface area contributed by atoms with Gasteiger partial charge >= 0.3 is 0 Å². The highest BCUT2D eigenvalue weighted by Gasteiger charge is 2.27. The van der Waals surface area contributed by atoms with E-state index in [9.17, 15) is 4.79 Å². The van der Waals surface area contributed by atoms with Crippen LogP contribution in [0.25, 0.3) is 5.69 Å². The number of hydrogen-bond donors (Lipinski definition) is 1. The first kappa shape index (κ1) is 14.5. The van der Waals surface area contributed by atoms with Crippen LogP contribution < -0.4 is 11.3 Å². The fourth-order valence-corrected chi connectivity index (χ4v) is 3.74. The van der Waals surface area contributed by atoms with Gasteiger partial charge < -0.3 is 5.73 Å². The number of nitrogen functional groups attached to an aromatic ring is 1. The summed E-state index contributed by atoms with van der Waals surface area (Å²) in [6, 6.07) is 5.08. The average molecular weight is 326 g/mol. The maximum Gasteiger partial charge on any atom is 0.294 e. The first-order valence-electron chi connectivity index (χ1n) is 7.03. The molecule has 1 aliphatic rings. The zero-order valence-corrected chi connectivity index (χ0v) is 13.3. The first-order chi connectivity index (χ1) is 10.0. The van der Waals surface area contributed by atoms with E-state index in [0.29, 0.717) is 27.3 Å². The van der Waals surface area contributed by atoms with Gasteiger partial charge in [-0.25, -0.2) is 4.68 Å². The maximum atomic E-state index is 12.5. The van der Waals surface area contributed by atoms with Crippen LogP contribution in [0.5, 0.6) is 0 Å². The summed E-state index contributed by atoms with van der Waals surface area (Å²) in [5.74, 6) is 0.357. The number of rotatable bonds is 2. The standard InChI is InChI=1S/C15H17Cl2N3O/c1-19-14(9-4-2-3-5-9)13(18)15(21)20(19)12-7-6-10(16)8-11(12)17/h6-9H,2-5,18H2,1H3. The van der Waals surface area contributed by atoms with E-state index in [1.165, 1.54) is 17.5 Å². The zero-order chi connectivity index (χ0) is 15.1. The predicted octanol–water partition coefficient (Wildman–Crippen LogP) is 3.72. The van der Waals surface area contributed by atoms with E-state index < -0.39 is 0 Å². The van der Waals surface area contributed by atoms with E-state index in [1.54, 1.807) is 18.2 Å². The molecule has 1 aromatic carbocycles. The zero-order valence-electron chi connectivity index (χ0n) is 11.8. The Labute approximate surface area is 133 Å². The second-order valence-corrected chi connectivity index (χ2v) is 6.36. The van der Waals surface area contributed by atoms with Gasteiger partial charge in [0, 0.05) is 18.0 Å². The minimum atomic E-state index is -0.219. The van der Waals surface area contributed by atoms with Crippen molar-refractivity contribution in [3.8, 4) is 5.69 Å². The van der Waals surface area contributed by atoms with Crippen LogP contribution in [0.1, 0.15) is 37.3 Å². The van der Waals surface area contributed by atoms with Gasteiger partial charge in [-0.05, 0) is 31.0 Å². The number of nitrogens with zero attached hydrogens (tertiary/aromatic N) is 2. The van der Waals surface area contributed by atoms with Crippen molar-refractivity contribution in [2.24, 2.45) is 7.05 Å². The average Bonchev–Trinajstić information content (AvgIpc) is 3.01. The topological polar surface area (TPSA) is 52.9 Å². The highest BCUT2D eigenvalue weighted by atomic mass is 35.5. The summed E-state index contributed by atoms with van der Waals surface area (Å²) >= 11 is 12.2. The van der Waals surface area contributed by atoms with Crippen LogP contribution in [0.2, 0.25) is 10.0 Å². The normalized spacial score (nSPS) is 15.8. The third kappa shape index (κ3) is 2.36. The van der Waals surface area contributed by atoms with Gasteiger partial charge in [0.2, 0.25) is 0 Å². The van der Waals surface area contributed by atoms with Gasteiger partial charge in [-0.1, -0.05) is 36.0 Å². The maximum absolute atomic E-state index is 12.5. The molecule has 1 aliphatic carbocycles. The summed E-state index contributed by atoms with van der Waals surface area (Å²) in [5, 5.41) is 0.971. The lowest BCUT2D eigenvalue weighted by Gasteiger charge is -2.15. The van der Waals surface area contributed by atoms with Gasteiger partial charge in [0.15, 0.2) is 0 Å². The van der Waals surface area contributed by atoms with Crippen molar-refractivity contribution in [2.75, 3.05) is 5.73 Å². The molecule has 0 amide bonds. The summed E-state index contributed by atoms with van der Waals surface area (Å²) in [6.45, 7) is 0. The first-order valence-corrected chi connectivity index (χ1v) is 7.79. The van der Waals surface area contributed by atoms with Crippen LogP contribution in [-0.4, -0.2) is 9.36 Å². The van der Waals surface area contributed by atoms with Crippen LogP contribution in [-0.2, 0) is 7.05 Å². The molecule has 1 heterocycles. The summed E-state index contributed by atoms with van der Waals surface area (Å²) in [6.07, 6.45) is 4.53. The lowest BCUT2D eigenvalue weighted by atomic mass is 10.0. The molecule has 1 saturated carbocycles. The molecule has 2 N–H and O–H groups in total. The minimum Gasteiger partial charge on any atom is -0.393 e. The van der Waals surface area contributed by atoms with E-state index in [2.05, 4.69) is 0 Å². The molecule has 0 radical (unpaired) electrons. The molecular formula is C15H17Cl2N3O. The number of hydrogen-bond acceptors (Lipinski definition) is 2. The van der Waals surface area contributed by atoms with Gasteiger partial charge in [-0.2, -0.15) is 0 Å². The predicted molar refractivity (Wildman–Crippen MR) is 86.7 cm³/mol. The second kappa shape index (κ2) is 5.43. The summed E-state index contributed by atoms with van der Waals surface area (Å²) in [4.78, 5) is 12.5. The summed E-state index contributed by atoms with van der Waals surface area (Å²) in [5.41, 5.74) is 7.71. The molecule has 1 aromatic heterocycles. The van der Waals surface area contributed by atoms with Gasteiger partial charge in [-0.15, -0.1) is 0 Å². The van der Waals surface area contributed by atoms with Crippen molar-refractivity contribution in [3.05, 3.63) is 44.3 Å². The van der Waals surface area contributed by atoms with Crippen molar-refractivity contribution < 1.29 is 0 Å². The molecule has 0 spiro atoms. The highest BCUT2D eigenvalue weighted by Crippen LogP contribution is 2.36. The van der Waals surface area contributed by atoms with E-state index in [-0.39, 0.29) is 5.56 Å². The van der Waals surface area contributed by atoms with Crippen LogP contribution >= 0.6 is 23.2 Å². The molecule has 21 heavy (non-hydrogen) atoms. The molecule has 0 bridgehead atoms. The van der Waals surface area contributed by atoms with Gasteiger partial charge in [-0.3, -0.25) is 9.48 Å². The van der Waals surface area contributed by atoms with E-state index in [4.69, 9.17) is 28.9 Å². The van der Waals surface area contributed by atoms with Gasteiger partial charge in [0.1, 0.15) is 5.69 Å². The molecule has 3 rings (SSSR count). The highest BCUT2D eigenvalue weighted by molar-refractivity contribution is 6.35. The van der Waals surface area contributed by atoms with Crippen LogP contribution in [0.15, 0.2) is 23.0 Å². The molecule has 112 valence electrons. The van der Waals surface area contributed by atoms with Crippen molar-refractivity contribution in [1.29, 1.82) is 0 Å². The molecule has 6 heteroatoms. The Balaban J connectivity index is 2.19. The van der Waals surface area contributed by atoms with Crippen molar-refractivity contribution in [1.82, 2.24) is 9.36 Å². The molecule has 2 aromatic rings. The quantitative estimate of drug-likeness (QED) is 0.914. The molecule has 0 saturated heterocycles. The minimum absolute atomic E-state index is 0.219. The third-order valence-electron chi connectivity index (χ3n) is 4.23. The lowest BCUT2D eigenvalue weighted by Crippen LogP contribution is -2.21. The smallest absolute Gasteiger partial charge is 0.294 e. The molecule has 0 unspecified atom stereocenters. The fraction of sp³-hybridized carbons (Fsp3) is 0.400. The van der Waals surface area contributed by atoms with E-state index >= 15 is 0 Å². The number of halogens is 2. The van der Waals surface area contributed by atoms with E-state index in [1.807, 2.05) is 11.7 Å². The van der Waals surface area contributed by atoms with Crippen molar-refractivity contribution in [3.63, 3.8) is 0 Å². The largest absolute Gasteiger partial charge is 0.393 e. The number of anilines is 1. The SMILES string of the molecule is Cn1c(C2CCCC2)c(N)c(=O)n1-c1ccc(Cl)cc1Cl. The van der Waals surface area contributed by atoms with Gasteiger partial charge in [0.05, 0.1) is 16.4 Å². The Morgan fingerprint density at radius 1 is 1.24 bits per heavy atom. The van der Waals surface area contributed by atoms with Gasteiger partial charge in [0.25, 0.3) is 5.56 Å². The molecule has 4 nitrogen and oxygen atoms in total. The number of nitrogens with two attached hydrogens (primary N) is 1. The summed E-state index contributed by atoms with van der Waals surface area (Å²) < 4.78 is 3.37. The Hall–Kier alpha value is -1.39.